The Morgan fingerprint density at radius 3 is 2.68 bits per heavy atom. The molecule has 3 heterocycles. The maximum Gasteiger partial charge on any atom is 0.268 e. The second-order valence-electron chi connectivity index (χ2n) is 9.70. The van der Waals surface area contributed by atoms with Crippen molar-refractivity contribution in [2.24, 2.45) is 5.92 Å². The highest BCUT2D eigenvalue weighted by Gasteiger charge is 2.39. The van der Waals surface area contributed by atoms with E-state index in [1.54, 1.807) is 6.07 Å². The fourth-order valence-corrected chi connectivity index (χ4v) is 5.81. The zero-order chi connectivity index (χ0) is 27.0. The standard InChI is InChI=1S/C26H30FN5O4S/c1-5-36-17-8-10-20(27)19(13-17)21-11-9-18(24(30-21)32-15-16(2)14-26(32,3)4)25(33)31-37(34,35)22-7-6-12-29-23(22)28/h6-13,16H,5,14-15H2,1-4H3,(H2,28,29)(H,31,33)/t16-/m0/s1. The molecule has 1 aromatic carbocycles. The number of halogens is 1. The summed E-state index contributed by atoms with van der Waals surface area (Å²) < 4.78 is 48.3. The summed E-state index contributed by atoms with van der Waals surface area (Å²) in [5, 5.41) is 0. The van der Waals surface area contributed by atoms with Crippen molar-refractivity contribution in [1.82, 2.24) is 14.7 Å². The first kappa shape index (κ1) is 26.3. The second kappa shape index (κ2) is 9.97. The van der Waals surface area contributed by atoms with Gasteiger partial charge in [0.1, 0.15) is 28.1 Å². The van der Waals surface area contributed by atoms with Crippen LogP contribution in [0.25, 0.3) is 11.3 Å². The van der Waals surface area contributed by atoms with Gasteiger partial charge in [0.15, 0.2) is 0 Å². The van der Waals surface area contributed by atoms with Gasteiger partial charge in [-0.3, -0.25) is 4.79 Å². The van der Waals surface area contributed by atoms with Gasteiger partial charge in [0.2, 0.25) is 0 Å². The molecule has 1 fully saturated rings. The summed E-state index contributed by atoms with van der Waals surface area (Å²) in [4.78, 5) is 23.5. The third-order valence-corrected chi connectivity index (χ3v) is 7.67. The molecule has 0 radical (unpaired) electrons. The number of amides is 1. The van der Waals surface area contributed by atoms with E-state index in [-0.39, 0.29) is 33.2 Å². The first-order chi connectivity index (χ1) is 17.4. The Labute approximate surface area is 215 Å². The molecule has 0 saturated carbocycles. The zero-order valence-corrected chi connectivity index (χ0v) is 22.0. The number of aromatic nitrogens is 2. The molecule has 196 valence electrons. The number of carbonyl (C=O) groups is 1. The number of hydrogen-bond donors (Lipinski definition) is 2. The minimum absolute atomic E-state index is 0.0401. The van der Waals surface area contributed by atoms with Gasteiger partial charge < -0.3 is 15.4 Å². The average molecular weight is 528 g/mol. The maximum atomic E-state index is 14.8. The van der Waals surface area contributed by atoms with Crippen molar-refractivity contribution in [1.29, 1.82) is 0 Å². The Morgan fingerprint density at radius 2 is 2.03 bits per heavy atom. The Kier molecular flexibility index (Phi) is 7.09. The quantitative estimate of drug-likeness (QED) is 0.472. The Balaban J connectivity index is 1.81. The lowest BCUT2D eigenvalue weighted by molar-refractivity contribution is 0.0981. The number of nitrogens with zero attached hydrogens (tertiary/aromatic N) is 3. The van der Waals surface area contributed by atoms with E-state index < -0.39 is 21.7 Å². The van der Waals surface area contributed by atoms with Gasteiger partial charge in [-0.2, -0.15) is 0 Å². The van der Waals surface area contributed by atoms with E-state index in [9.17, 15) is 17.6 Å². The van der Waals surface area contributed by atoms with E-state index in [1.807, 2.05) is 25.7 Å². The van der Waals surface area contributed by atoms with Gasteiger partial charge in [-0.25, -0.2) is 27.5 Å². The summed E-state index contributed by atoms with van der Waals surface area (Å²) in [6.07, 6.45) is 2.19. The molecule has 1 aliphatic heterocycles. The Bertz CT molecular complexity index is 1440. The van der Waals surface area contributed by atoms with Gasteiger partial charge >= 0.3 is 0 Å². The molecule has 0 spiro atoms. The van der Waals surface area contributed by atoms with Crippen LogP contribution in [0.4, 0.5) is 16.0 Å². The fourth-order valence-electron chi connectivity index (χ4n) is 4.76. The van der Waals surface area contributed by atoms with E-state index in [0.29, 0.717) is 30.5 Å². The molecule has 1 atom stereocenters. The number of nitrogens with one attached hydrogen (secondary N) is 1. The predicted molar refractivity (Wildman–Crippen MR) is 139 cm³/mol. The second-order valence-corrected chi connectivity index (χ2v) is 11.3. The lowest BCUT2D eigenvalue weighted by atomic mass is 9.97. The van der Waals surface area contributed by atoms with Crippen LogP contribution < -0.4 is 20.1 Å². The molecule has 3 aromatic rings. The van der Waals surface area contributed by atoms with Gasteiger partial charge in [-0.15, -0.1) is 0 Å². The average Bonchev–Trinajstić information content (AvgIpc) is 3.11. The van der Waals surface area contributed by atoms with Crippen LogP contribution in [0.1, 0.15) is 44.5 Å². The molecule has 37 heavy (non-hydrogen) atoms. The summed E-state index contributed by atoms with van der Waals surface area (Å²) >= 11 is 0. The summed E-state index contributed by atoms with van der Waals surface area (Å²) in [6, 6.07) is 10.0. The highest BCUT2D eigenvalue weighted by atomic mass is 32.2. The molecule has 4 rings (SSSR count). The van der Waals surface area contributed by atoms with Crippen molar-refractivity contribution < 1.29 is 22.3 Å². The summed E-state index contributed by atoms with van der Waals surface area (Å²) in [5.74, 6) is -0.554. The zero-order valence-electron chi connectivity index (χ0n) is 21.2. The molecule has 1 amide bonds. The van der Waals surface area contributed by atoms with Gasteiger partial charge in [0.05, 0.1) is 17.9 Å². The van der Waals surface area contributed by atoms with Gasteiger partial charge in [0, 0.05) is 23.8 Å². The van der Waals surface area contributed by atoms with Crippen LogP contribution in [0.3, 0.4) is 0 Å². The molecule has 0 unspecified atom stereocenters. The van der Waals surface area contributed by atoms with Gasteiger partial charge in [-0.05, 0) is 75.6 Å². The third-order valence-electron chi connectivity index (χ3n) is 6.29. The van der Waals surface area contributed by atoms with Crippen LogP contribution >= 0.6 is 0 Å². The highest BCUT2D eigenvalue weighted by Crippen LogP contribution is 2.39. The van der Waals surface area contributed by atoms with Crippen LogP contribution in [0.15, 0.2) is 53.6 Å². The number of nitrogens with two attached hydrogens (primary N) is 1. The van der Waals surface area contributed by atoms with Crippen LogP contribution in [-0.2, 0) is 10.0 Å². The number of anilines is 2. The molecular weight excluding hydrogens is 497 g/mol. The Hall–Kier alpha value is -3.73. The molecule has 3 N–H and O–H groups in total. The Morgan fingerprint density at radius 1 is 1.27 bits per heavy atom. The lowest BCUT2D eigenvalue weighted by Crippen LogP contribution is -2.41. The largest absolute Gasteiger partial charge is 0.494 e. The van der Waals surface area contributed by atoms with Crippen molar-refractivity contribution in [3.05, 3.63) is 60.0 Å². The topological polar surface area (TPSA) is 128 Å². The SMILES string of the molecule is CCOc1ccc(F)c(-c2ccc(C(=O)NS(=O)(=O)c3cccnc3N)c(N3C[C@@H](C)CC3(C)C)n2)c1. The monoisotopic (exact) mass is 527 g/mol. The minimum atomic E-state index is -4.31. The maximum absolute atomic E-state index is 14.8. The van der Waals surface area contributed by atoms with Crippen LogP contribution in [-0.4, -0.2) is 43.0 Å². The van der Waals surface area contributed by atoms with Crippen molar-refractivity contribution in [2.45, 2.75) is 44.6 Å². The van der Waals surface area contributed by atoms with E-state index >= 15 is 0 Å². The molecule has 1 aliphatic rings. The predicted octanol–water partition coefficient (Wildman–Crippen LogP) is 4.01. The fraction of sp³-hybridized carbons (Fsp3) is 0.346. The number of pyridine rings is 2. The first-order valence-corrected chi connectivity index (χ1v) is 13.4. The molecule has 0 bridgehead atoms. The number of ether oxygens (including phenoxy) is 1. The van der Waals surface area contributed by atoms with Crippen molar-refractivity contribution in [3.8, 4) is 17.0 Å². The third kappa shape index (κ3) is 5.36. The van der Waals surface area contributed by atoms with E-state index in [1.165, 1.54) is 42.6 Å². The number of carbonyl (C=O) groups excluding carboxylic acids is 1. The molecule has 2 aromatic heterocycles. The summed E-state index contributed by atoms with van der Waals surface area (Å²) in [6.45, 7) is 8.97. The van der Waals surface area contributed by atoms with Crippen molar-refractivity contribution in [3.63, 3.8) is 0 Å². The number of sulfonamides is 1. The molecular formula is C26H30FN5O4S. The highest BCUT2D eigenvalue weighted by molar-refractivity contribution is 7.90. The van der Waals surface area contributed by atoms with Crippen LogP contribution in [0.5, 0.6) is 5.75 Å². The lowest BCUT2D eigenvalue weighted by Gasteiger charge is -2.34. The summed E-state index contributed by atoms with van der Waals surface area (Å²) in [7, 11) is -4.31. The number of benzene rings is 1. The number of hydrogen-bond acceptors (Lipinski definition) is 8. The van der Waals surface area contributed by atoms with Crippen LogP contribution in [0.2, 0.25) is 0 Å². The van der Waals surface area contributed by atoms with E-state index in [2.05, 4.69) is 16.6 Å². The smallest absolute Gasteiger partial charge is 0.268 e. The van der Waals surface area contributed by atoms with Crippen molar-refractivity contribution in [2.75, 3.05) is 23.8 Å². The van der Waals surface area contributed by atoms with Gasteiger partial charge in [0.25, 0.3) is 15.9 Å². The summed E-state index contributed by atoms with van der Waals surface area (Å²) in [5.41, 5.74) is 5.89. The van der Waals surface area contributed by atoms with E-state index in [0.717, 1.165) is 6.42 Å². The number of rotatable bonds is 7. The molecule has 1 saturated heterocycles. The molecule has 9 nitrogen and oxygen atoms in total. The molecule has 11 heteroatoms. The normalized spacial score (nSPS) is 17.0. The van der Waals surface area contributed by atoms with Crippen molar-refractivity contribution >= 4 is 27.6 Å². The van der Waals surface area contributed by atoms with Gasteiger partial charge in [-0.1, -0.05) is 6.92 Å². The van der Waals surface area contributed by atoms with Crippen LogP contribution in [0, 0.1) is 11.7 Å². The number of nitrogen functional groups attached to an aromatic ring is 1. The molecule has 0 aliphatic carbocycles. The minimum Gasteiger partial charge on any atom is -0.494 e. The van der Waals surface area contributed by atoms with E-state index in [4.69, 9.17) is 15.5 Å². The first-order valence-electron chi connectivity index (χ1n) is 11.9.